The van der Waals surface area contributed by atoms with Crippen LogP contribution < -0.4 is 5.73 Å². The third-order valence-electron chi connectivity index (χ3n) is 3.99. The van der Waals surface area contributed by atoms with Gasteiger partial charge in [0.2, 0.25) is 0 Å². The van der Waals surface area contributed by atoms with Crippen LogP contribution in [0.25, 0.3) is 0 Å². The van der Waals surface area contributed by atoms with E-state index in [-0.39, 0.29) is 0 Å². The van der Waals surface area contributed by atoms with Crippen LogP contribution in [0.1, 0.15) is 44.7 Å². The van der Waals surface area contributed by atoms with Gasteiger partial charge < -0.3 is 5.73 Å². The molecule has 0 spiro atoms. The summed E-state index contributed by atoms with van der Waals surface area (Å²) in [6, 6.07) is 9.64. The SMILES string of the molecule is CCC(c1cccc(Cl)c1)N1CCC(N)CC1C. The maximum Gasteiger partial charge on any atom is 0.0409 e. The first kappa shape index (κ1) is 13.9. The van der Waals surface area contributed by atoms with Gasteiger partial charge in [0.05, 0.1) is 0 Å². The molecule has 3 atom stereocenters. The molecule has 2 rings (SSSR count). The van der Waals surface area contributed by atoms with Gasteiger partial charge in [0, 0.05) is 29.7 Å². The summed E-state index contributed by atoms with van der Waals surface area (Å²) in [7, 11) is 0. The van der Waals surface area contributed by atoms with E-state index in [4.69, 9.17) is 17.3 Å². The van der Waals surface area contributed by atoms with Crippen molar-refractivity contribution in [2.45, 2.75) is 51.2 Å². The molecule has 0 aromatic heterocycles. The Kier molecular flexibility index (Phi) is 4.66. The van der Waals surface area contributed by atoms with Gasteiger partial charge in [-0.2, -0.15) is 0 Å². The summed E-state index contributed by atoms with van der Waals surface area (Å²) in [4.78, 5) is 2.58. The molecular formula is C15H23ClN2. The normalized spacial score (nSPS) is 27.1. The van der Waals surface area contributed by atoms with Gasteiger partial charge in [0.15, 0.2) is 0 Å². The van der Waals surface area contributed by atoms with Crippen molar-refractivity contribution >= 4 is 11.6 Å². The van der Waals surface area contributed by atoms with Crippen molar-refractivity contribution in [3.8, 4) is 0 Å². The van der Waals surface area contributed by atoms with Crippen molar-refractivity contribution in [2.24, 2.45) is 5.73 Å². The number of piperidine rings is 1. The number of hydrogen-bond acceptors (Lipinski definition) is 2. The predicted molar refractivity (Wildman–Crippen MR) is 77.9 cm³/mol. The Hall–Kier alpha value is -0.570. The Bertz CT molecular complexity index is 394. The van der Waals surface area contributed by atoms with Crippen molar-refractivity contribution in [1.29, 1.82) is 0 Å². The summed E-state index contributed by atoms with van der Waals surface area (Å²) in [5.74, 6) is 0. The molecule has 1 fully saturated rings. The second-order valence-corrected chi connectivity index (χ2v) is 5.79. The number of likely N-dealkylation sites (tertiary alicyclic amines) is 1. The van der Waals surface area contributed by atoms with Crippen LogP contribution in [0.5, 0.6) is 0 Å². The molecule has 3 unspecified atom stereocenters. The molecule has 0 bridgehead atoms. The van der Waals surface area contributed by atoms with E-state index < -0.39 is 0 Å². The Morgan fingerprint density at radius 3 is 2.89 bits per heavy atom. The molecule has 1 aromatic carbocycles. The molecule has 1 heterocycles. The monoisotopic (exact) mass is 266 g/mol. The highest BCUT2D eigenvalue weighted by Gasteiger charge is 2.28. The van der Waals surface area contributed by atoms with Crippen LogP contribution in [-0.4, -0.2) is 23.5 Å². The van der Waals surface area contributed by atoms with E-state index in [9.17, 15) is 0 Å². The van der Waals surface area contributed by atoms with E-state index in [1.165, 1.54) is 5.56 Å². The van der Waals surface area contributed by atoms with Crippen molar-refractivity contribution in [3.05, 3.63) is 34.9 Å². The predicted octanol–water partition coefficient (Wildman–Crippen LogP) is 3.60. The number of nitrogens with two attached hydrogens (primary N) is 1. The molecule has 1 aliphatic heterocycles. The highest BCUT2D eigenvalue weighted by Crippen LogP contribution is 2.31. The first-order chi connectivity index (χ1) is 8.61. The standard InChI is InChI=1S/C15H23ClN2/c1-3-15(12-5-4-6-13(16)10-12)18-8-7-14(17)9-11(18)2/h4-6,10-11,14-15H,3,7-9,17H2,1-2H3. The van der Waals surface area contributed by atoms with Crippen molar-refractivity contribution < 1.29 is 0 Å². The molecule has 1 saturated heterocycles. The zero-order valence-corrected chi connectivity index (χ0v) is 12.0. The quantitative estimate of drug-likeness (QED) is 0.906. The summed E-state index contributed by atoms with van der Waals surface area (Å²) < 4.78 is 0. The summed E-state index contributed by atoms with van der Waals surface area (Å²) in [5, 5.41) is 0.826. The Balaban J connectivity index is 2.18. The van der Waals surface area contributed by atoms with Gasteiger partial charge in [-0.3, -0.25) is 4.90 Å². The third-order valence-corrected chi connectivity index (χ3v) is 4.22. The average Bonchev–Trinajstić information content (AvgIpc) is 2.33. The molecule has 2 N–H and O–H groups in total. The Labute approximate surface area is 115 Å². The Morgan fingerprint density at radius 2 is 2.28 bits per heavy atom. The van der Waals surface area contributed by atoms with E-state index >= 15 is 0 Å². The molecule has 0 aliphatic carbocycles. The van der Waals surface area contributed by atoms with Crippen LogP contribution >= 0.6 is 11.6 Å². The fourth-order valence-corrected chi connectivity index (χ4v) is 3.26. The lowest BCUT2D eigenvalue weighted by Gasteiger charge is -2.41. The number of hydrogen-bond donors (Lipinski definition) is 1. The van der Waals surface area contributed by atoms with E-state index in [0.717, 1.165) is 30.8 Å². The summed E-state index contributed by atoms with van der Waals surface area (Å²) in [6.45, 7) is 5.62. The van der Waals surface area contributed by atoms with E-state index in [2.05, 4.69) is 30.9 Å². The largest absolute Gasteiger partial charge is 0.328 e. The minimum absolute atomic E-state index is 0.369. The molecule has 1 aliphatic rings. The second kappa shape index (κ2) is 6.05. The molecule has 3 heteroatoms. The van der Waals surface area contributed by atoms with Crippen molar-refractivity contribution in [1.82, 2.24) is 4.90 Å². The number of nitrogens with zero attached hydrogens (tertiary/aromatic N) is 1. The van der Waals surface area contributed by atoms with Gasteiger partial charge in [-0.05, 0) is 43.9 Å². The molecule has 1 aromatic rings. The summed E-state index contributed by atoms with van der Waals surface area (Å²) >= 11 is 6.11. The van der Waals surface area contributed by atoms with Crippen molar-refractivity contribution in [3.63, 3.8) is 0 Å². The van der Waals surface area contributed by atoms with Crippen LogP contribution in [0.3, 0.4) is 0 Å². The lowest BCUT2D eigenvalue weighted by Crippen LogP contribution is -2.46. The topological polar surface area (TPSA) is 29.3 Å². The van der Waals surface area contributed by atoms with Crippen LogP contribution in [0.2, 0.25) is 5.02 Å². The maximum atomic E-state index is 6.11. The van der Waals surface area contributed by atoms with Gasteiger partial charge in [0.25, 0.3) is 0 Å². The van der Waals surface area contributed by atoms with Gasteiger partial charge in [0.1, 0.15) is 0 Å². The van der Waals surface area contributed by atoms with Gasteiger partial charge in [-0.1, -0.05) is 30.7 Å². The second-order valence-electron chi connectivity index (χ2n) is 5.35. The average molecular weight is 267 g/mol. The smallest absolute Gasteiger partial charge is 0.0409 e. The van der Waals surface area contributed by atoms with Crippen LogP contribution in [0, 0.1) is 0 Å². The minimum Gasteiger partial charge on any atom is -0.328 e. The van der Waals surface area contributed by atoms with Crippen LogP contribution in [0.4, 0.5) is 0 Å². The Morgan fingerprint density at radius 1 is 1.50 bits per heavy atom. The zero-order chi connectivity index (χ0) is 13.1. The number of benzene rings is 1. The molecule has 100 valence electrons. The van der Waals surface area contributed by atoms with Crippen LogP contribution in [0.15, 0.2) is 24.3 Å². The minimum atomic E-state index is 0.369. The molecule has 18 heavy (non-hydrogen) atoms. The fourth-order valence-electron chi connectivity index (χ4n) is 3.07. The van der Waals surface area contributed by atoms with Gasteiger partial charge >= 0.3 is 0 Å². The highest BCUT2D eigenvalue weighted by molar-refractivity contribution is 6.30. The van der Waals surface area contributed by atoms with Gasteiger partial charge in [-0.15, -0.1) is 0 Å². The highest BCUT2D eigenvalue weighted by atomic mass is 35.5. The molecule has 0 amide bonds. The van der Waals surface area contributed by atoms with Crippen LogP contribution in [-0.2, 0) is 0 Å². The van der Waals surface area contributed by atoms with E-state index in [0.29, 0.717) is 18.1 Å². The lowest BCUT2D eigenvalue weighted by atomic mass is 9.93. The molecular weight excluding hydrogens is 244 g/mol. The molecule has 0 saturated carbocycles. The first-order valence-corrected chi connectivity index (χ1v) is 7.26. The summed E-state index contributed by atoms with van der Waals surface area (Å²) in [5.41, 5.74) is 7.37. The first-order valence-electron chi connectivity index (χ1n) is 6.88. The summed E-state index contributed by atoms with van der Waals surface area (Å²) in [6.07, 6.45) is 3.30. The number of halogens is 1. The van der Waals surface area contributed by atoms with Gasteiger partial charge in [-0.25, -0.2) is 0 Å². The zero-order valence-electron chi connectivity index (χ0n) is 11.3. The molecule has 0 radical (unpaired) electrons. The maximum absolute atomic E-state index is 6.11. The molecule has 2 nitrogen and oxygen atoms in total. The van der Waals surface area contributed by atoms with E-state index in [1.807, 2.05) is 12.1 Å². The third kappa shape index (κ3) is 3.05. The lowest BCUT2D eigenvalue weighted by molar-refractivity contribution is 0.0928. The van der Waals surface area contributed by atoms with Crippen molar-refractivity contribution in [2.75, 3.05) is 6.54 Å². The fraction of sp³-hybridized carbons (Fsp3) is 0.600. The van der Waals surface area contributed by atoms with E-state index in [1.54, 1.807) is 0 Å². The number of rotatable bonds is 3.